The zero-order valence-corrected chi connectivity index (χ0v) is 21.6. The monoisotopic (exact) mass is 558 g/mol. The minimum Gasteiger partial charge on any atom is -0.459 e. The summed E-state index contributed by atoms with van der Waals surface area (Å²) < 4.78 is 23.1. The predicted molar refractivity (Wildman–Crippen MR) is 142 cm³/mol. The van der Waals surface area contributed by atoms with E-state index in [0.29, 0.717) is 5.01 Å². The van der Waals surface area contributed by atoms with Gasteiger partial charge < -0.3 is 24.1 Å². The molecule has 0 aromatic heterocycles. The Morgan fingerprint density at radius 3 is 1.71 bits per heavy atom. The van der Waals surface area contributed by atoms with Gasteiger partial charge in [-0.15, -0.1) is 0 Å². The summed E-state index contributed by atoms with van der Waals surface area (Å²) in [6.07, 6.45) is -3.49. The van der Waals surface area contributed by atoms with Gasteiger partial charge in [0.15, 0.2) is 18.3 Å². The van der Waals surface area contributed by atoms with Gasteiger partial charge in [0, 0.05) is 6.08 Å². The first-order valence-electron chi connectivity index (χ1n) is 12.7. The van der Waals surface area contributed by atoms with Gasteiger partial charge in [-0.25, -0.2) is 25.2 Å². The van der Waals surface area contributed by atoms with Gasteiger partial charge in [-0.05, 0) is 42.5 Å². The first-order chi connectivity index (χ1) is 19.8. The lowest BCUT2D eigenvalue weighted by molar-refractivity contribution is -0.183. The number of benzene rings is 3. The fourth-order valence-corrected chi connectivity index (χ4v) is 4.58. The number of carbonyl (C=O) groups is 4. The average molecular weight is 559 g/mol. The van der Waals surface area contributed by atoms with Crippen molar-refractivity contribution in [1.82, 2.24) is 5.01 Å². The van der Waals surface area contributed by atoms with E-state index in [9.17, 15) is 24.3 Å². The first-order valence-corrected chi connectivity index (χ1v) is 12.7. The predicted octanol–water partition coefficient (Wildman–Crippen LogP) is 2.02. The molecule has 1 unspecified atom stereocenters. The number of amides is 1. The maximum atomic E-state index is 13.2. The van der Waals surface area contributed by atoms with Crippen LogP contribution in [0, 0.1) is 0 Å². The van der Waals surface area contributed by atoms with Crippen LogP contribution in [0.15, 0.2) is 103 Å². The van der Waals surface area contributed by atoms with Crippen LogP contribution in [-0.4, -0.2) is 70.7 Å². The molecule has 0 radical (unpaired) electrons. The molecule has 0 aliphatic carbocycles. The lowest BCUT2D eigenvalue weighted by Gasteiger charge is -2.36. The second-order valence-corrected chi connectivity index (χ2v) is 9.36. The molecule has 1 fully saturated rings. The minimum atomic E-state index is -2.28. The zero-order chi connectivity index (χ0) is 29.0. The van der Waals surface area contributed by atoms with Crippen LogP contribution in [0.4, 0.5) is 0 Å². The van der Waals surface area contributed by atoms with E-state index in [-0.39, 0.29) is 16.7 Å². The SMILES string of the molecule is NN1C(=O)C=CC1(O)[C@@H]1O[C@H](COC(=O)c2ccccc2)[C@@H](OC(=O)c2ccccc2)[C@H]1OC(=O)c1ccccc1. The van der Waals surface area contributed by atoms with E-state index < -0.39 is 60.6 Å². The lowest BCUT2D eigenvalue weighted by Crippen LogP contribution is -2.61. The molecule has 3 aromatic carbocycles. The Morgan fingerprint density at radius 1 is 0.780 bits per heavy atom. The molecule has 41 heavy (non-hydrogen) atoms. The Morgan fingerprint density at radius 2 is 1.24 bits per heavy atom. The van der Waals surface area contributed by atoms with E-state index in [1.165, 1.54) is 24.3 Å². The van der Waals surface area contributed by atoms with Crippen LogP contribution in [-0.2, 0) is 23.7 Å². The van der Waals surface area contributed by atoms with E-state index in [2.05, 4.69) is 0 Å². The molecule has 0 bridgehead atoms. The number of carbonyl (C=O) groups excluding carboxylic acids is 4. The van der Waals surface area contributed by atoms with Crippen molar-refractivity contribution >= 4 is 23.8 Å². The maximum Gasteiger partial charge on any atom is 0.338 e. The second kappa shape index (κ2) is 11.7. The fraction of sp³-hybridized carbons (Fsp3) is 0.200. The van der Waals surface area contributed by atoms with E-state index in [0.717, 1.165) is 12.2 Å². The molecule has 5 atom stereocenters. The van der Waals surface area contributed by atoms with Crippen LogP contribution >= 0.6 is 0 Å². The van der Waals surface area contributed by atoms with Crippen molar-refractivity contribution in [3.05, 3.63) is 120 Å². The molecule has 5 rings (SSSR count). The van der Waals surface area contributed by atoms with Gasteiger partial charge in [-0.1, -0.05) is 54.6 Å². The van der Waals surface area contributed by atoms with Crippen molar-refractivity contribution in [2.45, 2.75) is 30.1 Å². The normalized spacial score (nSPS) is 25.1. The maximum absolute atomic E-state index is 13.2. The van der Waals surface area contributed by atoms with Gasteiger partial charge in [-0.3, -0.25) is 4.79 Å². The summed E-state index contributed by atoms with van der Waals surface area (Å²) in [7, 11) is 0. The smallest absolute Gasteiger partial charge is 0.338 e. The highest BCUT2D eigenvalue weighted by atomic mass is 16.7. The number of hydrogen-bond donors (Lipinski definition) is 2. The summed E-state index contributed by atoms with van der Waals surface area (Å²) in [5.41, 5.74) is -1.65. The third-order valence-electron chi connectivity index (χ3n) is 6.72. The van der Waals surface area contributed by atoms with Gasteiger partial charge in [0.25, 0.3) is 5.91 Å². The highest BCUT2D eigenvalue weighted by Gasteiger charge is 2.60. The van der Waals surface area contributed by atoms with Crippen molar-refractivity contribution in [2.24, 2.45) is 5.84 Å². The van der Waals surface area contributed by atoms with Crippen LogP contribution in [0.25, 0.3) is 0 Å². The number of aliphatic hydroxyl groups is 1. The van der Waals surface area contributed by atoms with Gasteiger partial charge in [0.05, 0.1) is 16.7 Å². The van der Waals surface area contributed by atoms with Crippen LogP contribution in [0.1, 0.15) is 31.1 Å². The number of rotatable bonds is 8. The molecular formula is C30H26N2O9. The molecule has 2 heterocycles. The van der Waals surface area contributed by atoms with Gasteiger partial charge in [0.2, 0.25) is 5.72 Å². The zero-order valence-electron chi connectivity index (χ0n) is 21.6. The highest BCUT2D eigenvalue weighted by molar-refractivity contribution is 5.92. The Hall–Kier alpha value is -4.84. The van der Waals surface area contributed by atoms with Gasteiger partial charge in [-0.2, -0.15) is 0 Å². The summed E-state index contributed by atoms with van der Waals surface area (Å²) in [4.78, 5) is 51.2. The van der Waals surface area contributed by atoms with Crippen LogP contribution in [0.3, 0.4) is 0 Å². The van der Waals surface area contributed by atoms with Gasteiger partial charge in [0.1, 0.15) is 12.7 Å². The topological polar surface area (TPSA) is 155 Å². The van der Waals surface area contributed by atoms with Crippen molar-refractivity contribution in [1.29, 1.82) is 0 Å². The molecule has 1 amide bonds. The minimum absolute atomic E-state index is 0.174. The van der Waals surface area contributed by atoms with E-state index in [1.807, 2.05) is 0 Å². The summed E-state index contributed by atoms with van der Waals surface area (Å²) >= 11 is 0. The number of hydrogen-bond acceptors (Lipinski definition) is 10. The van der Waals surface area contributed by atoms with Crippen LogP contribution in [0.5, 0.6) is 0 Å². The summed E-state index contributed by atoms with van der Waals surface area (Å²) in [5, 5.41) is 12.0. The number of ether oxygens (including phenoxy) is 4. The molecule has 2 aliphatic rings. The second-order valence-electron chi connectivity index (χ2n) is 9.36. The van der Waals surface area contributed by atoms with E-state index in [4.69, 9.17) is 24.8 Å². The lowest BCUT2D eigenvalue weighted by atomic mass is 9.98. The molecule has 3 aromatic rings. The van der Waals surface area contributed by atoms with Crippen molar-refractivity contribution in [3.63, 3.8) is 0 Å². The largest absolute Gasteiger partial charge is 0.459 e. The van der Waals surface area contributed by atoms with Gasteiger partial charge >= 0.3 is 17.9 Å². The molecule has 210 valence electrons. The quantitative estimate of drug-likeness (QED) is 0.182. The first kappa shape index (κ1) is 27.7. The summed E-state index contributed by atoms with van der Waals surface area (Å²) in [5.74, 6) is 2.87. The molecule has 3 N–H and O–H groups in total. The Bertz CT molecular complexity index is 1450. The number of nitrogens with two attached hydrogens (primary N) is 1. The van der Waals surface area contributed by atoms with Crippen molar-refractivity contribution in [2.75, 3.05) is 6.61 Å². The van der Waals surface area contributed by atoms with Crippen LogP contribution in [0.2, 0.25) is 0 Å². The Labute approximate surface area is 234 Å². The summed E-state index contributed by atoms with van der Waals surface area (Å²) in [6, 6.07) is 24.2. The molecule has 11 heteroatoms. The molecule has 1 saturated heterocycles. The third-order valence-corrected chi connectivity index (χ3v) is 6.72. The third kappa shape index (κ3) is 5.73. The Kier molecular flexibility index (Phi) is 7.92. The molecular weight excluding hydrogens is 532 g/mol. The molecule has 11 nitrogen and oxygen atoms in total. The highest BCUT2D eigenvalue weighted by Crippen LogP contribution is 2.38. The molecule has 2 aliphatic heterocycles. The molecule has 0 spiro atoms. The van der Waals surface area contributed by atoms with E-state index in [1.54, 1.807) is 66.7 Å². The fourth-order valence-electron chi connectivity index (χ4n) is 4.58. The number of nitrogens with zero attached hydrogens (tertiary/aromatic N) is 1. The van der Waals surface area contributed by atoms with E-state index >= 15 is 0 Å². The van der Waals surface area contributed by atoms with Crippen LogP contribution < -0.4 is 5.84 Å². The van der Waals surface area contributed by atoms with Crippen molar-refractivity contribution < 1.29 is 43.2 Å². The Balaban J connectivity index is 1.48. The number of hydrazine groups is 1. The summed E-state index contributed by atoms with van der Waals surface area (Å²) in [6.45, 7) is -0.450. The molecule has 0 saturated carbocycles. The number of esters is 3. The van der Waals surface area contributed by atoms with Crippen molar-refractivity contribution in [3.8, 4) is 0 Å². The standard InChI is InChI=1S/C30H26N2O9/c31-32-23(33)16-17-30(32,37)26-25(41-29(36)21-14-8-3-9-15-21)24(40-28(35)20-12-6-2-7-13-20)22(39-26)18-38-27(34)19-10-4-1-5-11-19/h1-17,22,24-26,37H,18,31H2/t22-,24-,25-,26-,30?/m1/s1. The average Bonchev–Trinajstić information content (AvgIpc) is 3.49.